The van der Waals surface area contributed by atoms with E-state index in [0.29, 0.717) is 22.3 Å². The van der Waals surface area contributed by atoms with Gasteiger partial charge in [-0.05, 0) is 74.9 Å². The molecule has 0 saturated heterocycles. The van der Waals surface area contributed by atoms with Crippen LogP contribution in [0.25, 0.3) is 0 Å². The largest absolute Gasteiger partial charge is 0.294 e. The van der Waals surface area contributed by atoms with Gasteiger partial charge in [0, 0.05) is 24.0 Å². The summed E-state index contributed by atoms with van der Waals surface area (Å²) < 4.78 is 30.1. The minimum absolute atomic E-state index is 0.211. The number of sulfone groups is 1. The second-order valence-corrected chi connectivity index (χ2v) is 13.5. The van der Waals surface area contributed by atoms with Crippen LogP contribution in [0.5, 0.6) is 0 Å². The monoisotopic (exact) mass is 566 g/mol. The Bertz CT molecular complexity index is 1520. The number of carbonyl (C=O) groups is 2. The van der Waals surface area contributed by atoms with E-state index in [4.69, 9.17) is 0 Å². The van der Waals surface area contributed by atoms with Gasteiger partial charge >= 0.3 is 0 Å². The normalized spacial score (nSPS) is 13.0. The highest BCUT2D eigenvalue weighted by Crippen LogP contribution is 2.44. The first-order valence-electron chi connectivity index (χ1n) is 13.9. The summed E-state index contributed by atoms with van der Waals surface area (Å²) in [5, 5.41) is -2.24. The first-order valence-corrected chi connectivity index (χ1v) is 15.6. The average molecular weight is 567 g/mol. The Hall–Kier alpha value is -3.83. The molecule has 4 nitrogen and oxygen atoms in total. The molecule has 212 valence electrons. The number of ketones is 2. The second-order valence-electron chi connectivity index (χ2n) is 11.2. The van der Waals surface area contributed by atoms with Crippen LogP contribution < -0.4 is 0 Å². The number of carbonyl (C=O) groups excluding carboxylic acids is 2. The van der Waals surface area contributed by atoms with Crippen LogP contribution >= 0.6 is 0 Å². The summed E-state index contributed by atoms with van der Waals surface area (Å²) in [7, 11) is -4.13. The van der Waals surface area contributed by atoms with Crippen LogP contribution in [-0.2, 0) is 9.84 Å². The van der Waals surface area contributed by atoms with Crippen molar-refractivity contribution in [1.82, 2.24) is 0 Å². The van der Waals surface area contributed by atoms with E-state index in [1.54, 1.807) is 48.5 Å². The molecule has 0 spiro atoms. The Morgan fingerprint density at radius 2 is 0.829 bits per heavy atom. The van der Waals surface area contributed by atoms with Crippen molar-refractivity contribution < 1.29 is 18.0 Å². The number of rotatable bonds is 10. The lowest BCUT2D eigenvalue weighted by molar-refractivity contribution is 0.0976. The van der Waals surface area contributed by atoms with E-state index >= 15 is 8.42 Å². The van der Waals surface area contributed by atoms with Crippen LogP contribution in [0.3, 0.4) is 0 Å². The zero-order valence-electron chi connectivity index (χ0n) is 24.7. The molecule has 2 unspecified atom stereocenters. The molecule has 0 aliphatic carbocycles. The van der Waals surface area contributed by atoms with Crippen molar-refractivity contribution in [3.63, 3.8) is 0 Å². The molecule has 0 radical (unpaired) electrons. The highest BCUT2D eigenvalue weighted by Gasteiger charge is 2.41. The van der Waals surface area contributed by atoms with Crippen molar-refractivity contribution in [1.29, 1.82) is 0 Å². The summed E-state index contributed by atoms with van der Waals surface area (Å²) in [6.07, 6.45) is -0.422. The van der Waals surface area contributed by atoms with Crippen LogP contribution in [0.1, 0.15) is 88.6 Å². The SMILES string of the molecule is Cc1cc(C)c(C(CC(=O)c2ccccc2)S(=O)(=O)C(CC(=O)c2ccccc2)c2c(C)cc(C)cc2C)c(C)c1. The van der Waals surface area contributed by atoms with Gasteiger partial charge in [0.05, 0.1) is 10.5 Å². The quantitative estimate of drug-likeness (QED) is 0.181. The molecule has 0 heterocycles. The molecule has 41 heavy (non-hydrogen) atoms. The van der Waals surface area contributed by atoms with Gasteiger partial charge in [-0.2, -0.15) is 0 Å². The third kappa shape index (κ3) is 6.57. The molecule has 2 atom stereocenters. The van der Waals surface area contributed by atoms with E-state index in [1.807, 2.05) is 77.9 Å². The molecule has 4 aromatic carbocycles. The minimum atomic E-state index is -4.13. The molecule has 4 rings (SSSR count). The molecule has 0 saturated carbocycles. The van der Waals surface area contributed by atoms with E-state index in [1.165, 1.54) is 0 Å². The van der Waals surface area contributed by atoms with Crippen molar-refractivity contribution in [2.45, 2.75) is 64.9 Å². The summed E-state index contributed by atoms with van der Waals surface area (Å²) in [5.41, 5.74) is 7.55. The highest BCUT2D eigenvalue weighted by molar-refractivity contribution is 7.92. The predicted octanol–water partition coefficient (Wildman–Crippen LogP) is 8.28. The Morgan fingerprint density at radius 1 is 0.537 bits per heavy atom. The number of benzene rings is 4. The fourth-order valence-corrected chi connectivity index (χ4v) is 8.75. The molecule has 0 aliphatic rings. The van der Waals surface area contributed by atoms with Crippen molar-refractivity contribution in [2.75, 3.05) is 0 Å². The van der Waals surface area contributed by atoms with Crippen LogP contribution in [0, 0.1) is 41.5 Å². The Kier molecular flexibility index (Phi) is 9.08. The van der Waals surface area contributed by atoms with E-state index in [0.717, 1.165) is 33.4 Å². The maximum absolute atomic E-state index is 15.0. The highest BCUT2D eigenvalue weighted by atomic mass is 32.2. The maximum Gasteiger partial charge on any atom is 0.165 e. The van der Waals surface area contributed by atoms with Crippen LogP contribution in [-0.4, -0.2) is 20.0 Å². The van der Waals surface area contributed by atoms with Gasteiger partial charge in [0.15, 0.2) is 21.4 Å². The zero-order valence-corrected chi connectivity index (χ0v) is 25.5. The third-order valence-corrected chi connectivity index (χ3v) is 10.2. The standard InChI is InChI=1S/C36H38O4S/c1-23-17-25(3)35(26(4)18-23)33(21-31(37)29-13-9-7-10-14-29)41(39,40)34(22-32(38)30-15-11-8-12-16-30)36-27(5)19-24(2)20-28(36)6/h7-20,33-34H,21-22H2,1-6H3. The van der Waals surface area contributed by atoms with Gasteiger partial charge in [0.2, 0.25) is 0 Å². The van der Waals surface area contributed by atoms with Gasteiger partial charge in [-0.1, -0.05) is 96.1 Å². The third-order valence-electron chi connectivity index (χ3n) is 7.85. The van der Waals surface area contributed by atoms with Crippen LogP contribution in [0.15, 0.2) is 84.9 Å². The summed E-state index contributed by atoms with van der Waals surface area (Å²) in [6, 6.07) is 25.5. The zero-order chi connectivity index (χ0) is 29.9. The van der Waals surface area contributed by atoms with E-state index in [2.05, 4.69) is 0 Å². The maximum atomic E-state index is 15.0. The lowest BCUT2D eigenvalue weighted by atomic mass is 9.93. The summed E-state index contributed by atoms with van der Waals surface area (Å²) in [4.78, 5) is 27.2. The summed E-state index contributed by atoms with van der Waals surface area (Å²) in [5.74, 6) is -0.493. The van der Waals surface area contributed by atoms with Crippen molar-refractivity contribution in [3.05, 3.63) is 141 Å². The molecular weight excluding hydrogens is 528 g/mol. The van der Waals surface area contributed by atoms with Crippen molar-refractivity contribution in [2.24, 2.45) is 0 Å². The van der Waals surface area contributed by atoms with Gasteiger partial charge < -0.3 is 0 Å². The number of hydrogen-bond donors (Lipinski definition) is 0. The predicted molar refractivity (Wildman–Crippen MR) is 166 cm³/mol. The molecule has 0 aliphatic heterocycles. The van der Waals surface area contributed by atoms with Gasteiger partial charge in [-0.25, -0.2) is 8.42 Å². The smallest absolute Gasteiger partial charge is 0.165 e. The van der Waals surface area contributed by atoms with Crippen molar-refractivity contribution >= 4 is 21.4 Å². The van der Waals surface area contributed by atoms with Gasteiger partial charge in [-0.3, -0.25) is 9.59 Å². The van der Waals surface area contributed by atoms with E-state index in [-0.39, 0.29) is 24.4 Å². The molecule has 5 heteroatoms. The molecular formula is C36H38O4S. The van der Waals surface area contributed by atoms with Crippen molar-refractivity contribution in [3.8, 4) is 0 Å². The molecule has 0 N–H and O–H groups in total. The summed E-state index contributed by atoms with van der Waals surface area (Å²) >= 11 is 0. The van der Waals surface area contributed by atoms with E-state index < -0.39 is 20.3 Å². The van der Waals surface area contributed by atoms with Gasteiger partial charge in [0.25, 0.3) is 0 Å². The van der Waals surface area contributed by atoms with E-state index in [9.17, 15) is 9.59 Å². The second kappa shape index (κ2) is 12.4. The Morgan fingerprint density at radius 3 is 1.12 bits per heavy atom. The lowest BCUT2D eigenvalue weighted by Crippen LogP contribution is -2.27. The topological polar surface area (TPSA) is 68.3 Å². The number of hydrogen-bond acceptors (Lipinski definition) is 4. The number of aryl methyl sites for hydroxylation is 6. The molecule has 0 aromatic heterocycles. The first-order chi connectivity index (χ1) is 19.4. The average Bonchev–Trinajstić information content (AvgIpc) is 2.91. The fraction of sp³-hybridized carbons (Fsp3) is 0.278. The van der Waals surface area contributed by atoms with Crippen LogP contribution in [0.4, 0.5) is 0 Å². The Labute approximate surface area is 244 Å². The lowest BCUT2D eigenvalue weighted by Gasteiger charge is -2.29. The van der Waals surface area contributed by atoms with Crippen LogP contribution in [0.2, 0.25) is 0 Å². The van der Waals surface area contributed by atoms with Gasteiger partial charge in [0.1, 0.15) is 0 Å². The number of Topliss-reactive ketones (excluding diaryl/α,β-unsaturated/α-hetero) is 2. The molecule has 0 amide bonds. The molecule has 0 fully saturated rings. The van der Waals surface area contributed by atoms with Gasteiger partial charge in [-0.15, -0.1) is 0 Å². The first kappa shape index (κ1) is 30.1. The summed E-state index contributed by atoms with van der Waals surface area (Å²) in [6.45, 7) is 11.6. The fourth-order valence-electron chi connectivity index (χ4n) is 6.18. The molecule has 4 aromatic rings. The minimum Gasteiger partial charge on any atom is -0.294 e. The molecule has 0 bridgehead atoms. The Balaban J connectivity index is 1.93.